The summed E-state index contributed by atoms with van der Waals surface area (Å²) in [4.78, 5) is 1.17. The number of thioether (sulfide) groups is 1. The molecule has 1 N–H and O–H groups in total. The largest absolute Gasteiger partial charge is 0.304 e. The summed E-state index contributed by atoms with van der Waals surface area (Å²) in [7, 11) is 1.85. The van der Waals surface area contributed by atoms with Gasteiger partial charge in [0, 0.05) is 30.7 Å². The molecule has 0 fully saturated rings. The molecule has 0 saturated heterocycles. The van der Waals surface area contributed by atoms with Crippen molar-refractivity contribution in [3.05, 3.63) is 41.5 Å². The van der Waals surface area contributed by atoms with Crippen LogP contribution in [0.2, 0.25) is 0 Å². The second-order valence-corrected chi connectivity index (χ2v) is 5.77. The molecule has 0 amide bonds. The number of nitrogens with zero attached hydrogens (tertiary/aromatic N) is 3. The van der Waals surface area contributed by atoms with Crippen molar-refractivity contribution in [1.29, 1.82) is 0 Å². The average molecular weight is 278 g/mol. The lowest BCUT2D eigenvalue weighted by Gasteiger charge is -2.25. The van der Waals surface area contributed by atoms with Gasteiger partial charge in [0.15, 0.2) is 0 Å². The van der Waals surface area contributed by atoms with Gasteiger partial charge in [0.2, 0.25) is 0 Å². The number of nitrogens with one attached hydrogen (secondary N) is 1. The highest BCUT2D eigenvalue weighted by atomic mass is 32.2. The van der Waals surface area contributed by atoms with Gasteiger partial charge >= 0.3 is 0 Å². The predicted octanol–water partition coefficient (Wildman–Crippen LogP) is 2.28. The SMILES string of the molecule is Cn1cc(CNC2CCSc3ccc(F)cc32)nn1. The van der Waals surface area contributed by atoms with Gasteiger partial charge in [-0.2, -0.15) is 0 Å². The first kappa shape index (κ1) is 12.6. The Morgan fingerprint density at radius 2 is 2.42 bits per heavy atom. The highest BCUT2D eigenvalue weighted by Crippen LogP contribution is 2.36. The quantitative estimate of drug-likeness (QED) is 0.935. The number of aryl methyl sites for hydroxylation is 1. The highest BCUT2D eigenvalue weighted by Gasteiger charge is 2.21. The van der Waals surface area contributed by atoms with Gasteiger partial charge in [-0.3, -0.25) is 4.68 Å². The zero-order valence-electron chi connectivity index (χ0n) is 10.6. The second kappa shape index (κ2) is 5.30. The van der Waals surface area contributed by atoms with E-state index in [-0.39, 0.29) is 11.9 Å². The van der Waals surface area contributed by atoms with Gasteiger partial charge < -0.3 is 5.32 Å². The minimum absolute atomic E-state index is 0.174. The van der Waals surface area contributed by atoms with E-state index >= 15 is 0 Å². The lowest BCUT2D eigenvalue weighted by atomic mass is 10.0. The second-order valence-electron chi connectivity index (χ2n) is 4.64. The van der Waals surface area contributed by atoms with Crippen LogP contribution in [0.5, 0.6) is 0 Å². The van der Waals surface area contributed by atoms with Gasteiger partial charge in [0.1, 0.15) is 5.82 Å². The molecule has 0 aliphatic carbocycles. The molecule has 1 aliphatic rings. The van der Waals surface area contributed by atoms with Crippen molar-refractivity contribution in [1.82, 2.24) is 20.3 Å². The van der Waals surface area contributed by atoms with E-state index in [0.717, 1.165) is 23.4 Å². The van der Waals surface area contributed by atoms with Crippen LogP contribution in [0.4, 0.5) is 4.39 Å². The predicted molar refractivity (Wildman–Crippen MR) is 72.3 cm³/mol. The normalized spacial score (nSPS) is 18.3. The summed E-state index contributed by atoms with van der Waals surface area (Å²) in [5.74, 6) is 0.879. The van der Waals surface area contributed by atoms with E-state index in [2.05, 4.69) is 15.6 Å². The molecule has 1 atom stereocenters. The van der Waals surface area contributed by atoms with Gasteiger partial charge in [0.05, 0.1) is 5.69 Å². The average Bonchev–Trinajstić information content (AvgIpc) is 2.82. The minimum atomic E-state index is -0.174. The van der Waals surface area contributed by atoms with Crippen LogP contribution in [0, 0.1) is 5.82 Å². The standard InChI is InChI=1S/C13H15FN4S/c1-18-8-10(16-17-18)7-15-12-4-5-19-13-3-2-9(14)6-11(12)13/h2-3,6,8,12,15H,4-5,7H2,1H3. The van der Waals surface area contributed by atoms with E-state index in [1.807, 2.05) is 19.3 Å². The van der Waals surface area contributed by atoms with Crippen LogP contribution < -0.4 is 5.32 Å². The molecule has 6 heteroatoms. The Kier molecular flexibility index (Phi) is 3.52. The molecule has 1 aliphatic heterocycles. The summed E-state index contributed by atoms with van der Waals surface area (Å²) in [6, 6.07) is 5.21. The van der Waals surface area contributed by atoms with Crippen LogP contribution in [0.3, 0.4) is 0 Å². The smallest absolute Gasteiger partial charge is 0.123 e. The third kappa shape index (κ3) is 2.79. The fourth-order valence-corrected chi connectivity index (χ4v) is 3.39. The Labute approximate surface area is 115 Å². The number of aromatic nitrogens is 3. The van der Waals surface area contributed by atoms with E-state index in [1.54, 1.807) is 22.5 Å². The molecule has 19 heavy (non-hydrogen) atoms. The summed E-state index contributed by atoms with van der Waals surface area (Å²) in [6.45, 7) is 0.652. The minimum Gasteiger partial charge on any atom is -0.304 e. The van der Waals surface area contributed by atoms with Crippen LogP contribution in [0.25, 0.3) is 0 Å². The van der Waals surface area contributed by atoms with Crippen molar-refractivity contribution < 1.29 is 4.39 Å². The van der Waals surface area contributed by atoms with Crippen LogP contribution in [-0.4, -0.2) is 20.7 Å². The summed E-state index contributed by atoms with van der Waals surface area (Å²) in [5, 5.41) is 11.4. The van der Waals surface area contributed by atoms with Gasteiger partial charge in [-0.05, 0) is 35.9 Å². The third-order valence-corrected chi connectivity index (χ3v) is 4.31. The highest BCUT2D eigenvalue weighted by molar-refractivity contribution is 7.99. The summed E-state index contributed by atoms with van der Waals surface area (Å²) < 4.78 is 15.1. The zero-order chi connectivity index (χ0) is 13.2. The van der Waals surface area contributed by atoms with E-state index in [0.29, 0.717) is 6.54 Å². The number of fused-ring (bicyclic) bond motifs is 1. The fourth-order valence-electron chi connectivity index (χ4n) is 2.28. The molecule has 0 saturated carbocycles. The summed E-state index contributed by atoms with van der Waals surface area (Å²) in [6.07, 6.45) is 2.89. The third-order valence-electron chi connectivity index (χ3n) is 3.19. The van der Waals surface area contributed by atoms with Gasteiger partial charge in [-0.1, -0.05) is 5.21 Å². The molecule has 0 bridgehead atoms. The van der Waals surface area contributed by atoms with E-state index < -0.39 is 0 Å². The maximum absolute atomic E-state index is 13.4. The van der Waals surface area contributed by atoms with E-state index in [4.69, 9.17) is 0 Å². The molecule has 3 rings (SSSR count). The lowest BCUT2D eigenvalue weighted by molar-refractivity contribution is 0.500. The number of rotatable bonds is 3. The Bertz CT molecular complexity index is 584. The monoisotopic (exact) mass is 278 g/mol. The molecule has 1 aromatic carbocycles. The molecule has 100 valence electrons. The molecule has 4 nitrogen and oxygen atoms in total. The molecule has 1 unspecified atom stereocenters. The summed E-state index contributed by atoms with van der Waals surface area (Å²) in [5.41, 5.74) is 1.96. The Morgan fingerprint density at radius 1 is 1.53 bits per heavy atom. The van der Waals surface area contributed by atoms with Crippen LogP contribution in [0.15, 0.2) is 29.3 Å². The molecule has 0 spiro atoms. The van der Waals surface area contributed by atoms with Gasteiger partial charge in [0.25, 0.3) is 0 Å². The maximum atomic E-state index is 13.4. The van der Waals surface area contributed by atoms with E-state index in [9.17, 15) is 4.39 Å². The number of hydrogen-bond donors (Lipinski definition) is 1. The Balaban J connectivity index is 1.74. The number of halogens is 1. The first-order valence-corrected chi connectivity index (χ1v) is 7.22. The number of hydrogen-bond acceptors (Lipinski definition) is 4. The fraction of sp³-hybridized carbons (Fsp3) is 0.385. The topological polar surface area (TPSA) is 42.7 Å². The van der Waals surface area contributed by atoms with Crippen molar-refractivity contribution in [2.45, 2.75) is 23.9 Å². The van der Waals surface area contributed by atoms with Crippen molar-refractivity contribution in [2.75, 3.05) is 5.75 Å². The Morgan fingerprint density at radius 3 is 3.21 bits per heavy atom. The van der Waals surface area contributed by atoms with Crippen LogP contribution in [0.1, 0.15) is 23.7 Å². The Hall–Kier alpha value is -1.40. The lowest BCUT2D eigenvalue weighted by Crippen LogP contribution is -2.24. The molecular weight excluding hydrogens is 263 g/mol. The first-order valence-electron chi connectivity index (χ1n) is 6.23. The van der Waals surface area contributed by atoms with Gasteiger partial charge in [-0.25, -0.2) is 4.39 Å². The van der Waals surface area contributed by atoms with Crippen molar-refractivity contribution in [2.24, 2.45) is 7.05 Å². The van der Waals surface area contributed by atoms with E-state index in [1.165, 1.54) is 11.0 Å². The van der Waals surface area contributed by atoms with Gasteiger partial charge in [-0.15, -0.1) is 16.9 Å². The maximum Gasteiger partial charge on any atom is 0.123 e. The van der Waals surface area contributed by atoms with Crippen molar-refractivity contribution in [3.8, 4) is 0 Å². The van der Waals surface area contributed by atoms with Crippen molar-refractivity contribution in [3.63, 3.8) is 0 Å². The zero-order valence-corrected chi connectivity index (χ0v) is 11.5. The first-order chi connectivity index (χ1) is 9.22. The molecular formula is C13H15FN4S. The number of benzene rings is 1. The molecule has 0 radical (unpaired) electrons. The molecule has 2 aromatic rings. The van der Waals surface area contributed by atoms with Crippen LogP contribution >= 0.6 is 11.8 Å². The molecule has 2 heterocycles. The summed E-state index contributed by atoms with van der Waals surface area (Å²) >= 11 is 1.79. The van der Waals surface area contributed by atoms with Crippen molar-refractivity contribution >= 4 is 11.8 Å². The molecule has 1 aromatic heterocycles. The van der Waals surface area contributed by atoms with Crippen LogP contribution in [-0.2, 0) is 13.6 Å².